The summed E-state index contributed by atoms with van der Waals surface area (Å²) in [5, 5.41) is 3.65. The number of amides is 1. The number of hydrogen-bond donors (Lipinski definition) is 1. The molecule has 1 fully saturated rings. The number of carbonyl (C=O) groups is 1. The number of nitrogens with one attached hydrogen (secondary N) is 1. The van der Waals surface area contributed by atoms with Crippen molar-refractivity contribution in [1.29, 1.82) is 0 Å². The summed E-state index contributed by atoms with van der Waals surface area (Å²) in [7, 11) is 1.70. The van der Waals surface area contributed by atoms with E-state index >= 15 is 0 Å². The predicted octanol–water partition coefficient (Wildman–Crippen LogP) is 1.80. The lowest BCUT2D eigenvalue weighted by Gasteiger charge is -2.19. The van der Waals surface area contributed by atoms with Gasteiger partial charge in [0.1, 0.15) is 0 Å². The van der Waals surface area contributed by atoms with E-state index < -0.39 is 0 Å². The van der Waals surface area contributed by atoms with Crippen LogP contribution in [0, 0.1) is 0 Å². The Kier molecular flexibility index (Phi) is 3.19. The van der Waals surface area contributed by atoms with Gasteiger partial charge < -0.3 is 5.32 Å². The zero-order chi connectivity index (χ0) is 11.5. The molecule has 1 aliphatic rings. The zero-order valence-electron chi connectivity index (χ0n) is 9.14. The Balaban J connectivity index is 2.00. The first kappa shape index (κ1) is 11.1. The lowest BCUT2D eigenvalue weighted by atomic mass is 10.2. The van der Waals surface area contributed by atoms with E-state index in [9.17, 15) is 4.79 Å². The molecule has 3 nitrogen and oxygen atoms in total. The monoisotopic (exact) mass is 234 g/mol. The lowest BCUT2D eigenvalue weighted by Crippen LogP contribution is -2.41. The highest BCUT2D eigenvalue weighted by Crippen LogP contribution is 2.19. The van der Waals surface area contributed by atoms with Crippen LogP contribution in [0.3, 0.4) is 0 Å². The number of carbonyl (C=O) groups excluding carboxylic acids is 1. The second kappa shape index (κ2) is 4.61. The van der Waals surface area contributed by atoms with Crippen molar-refractivity contribution in [3.05, 3.63) is 35.9 Å². The minimum absolute atomic E-state index is 0.0706. The van der Waals surface area contributed by atoms with Gasteiger partial charge in [-0.05, 0) is 37.2 Å². The average molecular weight is 234 g/mol. The van der Waals surface area contributed by atoms with Gasteiger partial charge in [-0.15, -0.1) is 0 Å². The van der Waals surface area contributed by atoms with Gasteiger partial charge in [-0.2, -0.15) is 0 Å². The van der Waals surface area contributed by atoms with Gasteiger partial charge in [0.15, 0.2) is 5.11 Å². The third-order valence-electron chi connectivity index (χ3n) is 2.53. The molecule has 1 N–H and O–H groups in total. The first-order chi connectivity index (χ1) is 7.68. The van der Waals surface area contributed by atoms with Gasteiger partial charge in [0.25, 0.3) is 5.91 Å². The maximum absolute atomic E-state index is 12.0. The van der Waals surface area contributed by atoms with E-state index in [0.717, 1.165) is 12.8 Å². The molecular weight excluding hydrogens is 220 g/mol. The van der Waals surface area contributed by atoms with Gasteiger partial charge in [-0.25, -0.2) is 0 Å². The molecule has 0 radical (unpaired) electrons. The van der Waals surface area contributed by atoms with E-state index in [-0.39, 0.29) is 5.91 Å². The fourth-order valence-electron chi connectivity index (χ4n) is 1.37. The highest BCUT2D eigenvalue weighted by Gasteiger charge is 2.24. The maximum Gasteiger partial charge on any atom is 0.259 e. The molecule has 1 amide bonds. The fraction of sp³-hybridized carbons (Fsp3) is 0.333. The van der Waals surface area contributed by atoms with Crippen LogP contribution < -0.4 is 5.32 Å². The van der Waals surface area contributed by atoms with Crippen LogP contribution in [0.5, 0.6) is 0 Å². The Labute approximate surface area is 100 Å². The lowest BCUT2D eigenvalue weighted by molar-refractivity contribution is 0.0870. The fourth-order valence-corrected chi connectivity index (χ4v) is 1.62. The molecule has 0 aromatic heterocycles. The van der Waals surface area contributed by atoms with Crippen molar-refractivity contribution in [2.75, 3.05) is 7.05 Å². The molecule has 0 aliphatic heterocycles. The number of rotatable bonds is 2. The molecule has 0 bridgehead atoms. The normalized spacial score (nSPS) is 14.3. The van der Waals surface area contributed by atoms with Crippen LogP contribution >= 0.6 is 12.2 Å². The van der Waals surface area contributed by atoms with Crippen molar-refractivity contribution >= 4 is 23.2 Å². The Hall–Kier alpha value is -1.42. The Bertz CT molecular complexity index is 401. The molecule has 84 valence electrons. The first-order valence-electron chi connectivity index (χ1n) is 5.32. The van der Waals surface area contributed by atoms with Crippen molar-refractivity contribution in [2.45, 2.75) is 18.9 Å². The second-order valence-electron chi connectivity index (χ2n) is 3.95. The van der Waals surface area contributed by atoms with Crippen molar-refractivity contribution < 1.29 is 4.79 Å². The molecule has 0 heterocycles. The Morgan fingerprint density at radius 1 is 1.38 bits per heavy atom. The maximum atomic E-state index is 12.0. The second-order valence-corrected chi connectivity index (χ2v) is 4.34. The minimum Gasteiger partial charge on any atom is -0.359 e. The third-order valence-corrected chi connectivity index (χ3v) is 2.93. The highest BCUT2D eigenvalue weighted by molar-refractivity contribution is 7.80. The number of benzene rings is 1. The summed E-state index contributed by atoms with van der Waals surface area (Å²) in [6, 6.07) is 9.63. The topological polar surface area (TPSA) is 32.3 Å². The third kappa shape index (κ3) is 2.58. The van der Waals surface area contributed by atoms with Gasteiger partial charge in [-0.3, -0.25) is 9.69 Å². The van der Waals surface area contributed by atoms with Crippen LogP contribution in [0.1, 0.15) is 23.2 Å². The van der Waals surface area contributed by atoms with Crippen LogP contribution in [-0.2, 0) is 0 Å². The van der Waals surface area contributed by atoms with E-state index in [1.807, 2.05) is 18.2 Å². The number of nitrogens with zero attached hydrogens (tertiary/aromatic N) is 1. The van der Waals surface area contributed by atoms with Gasteiger partial charge in [0, 0.05) is 18.7 Å². The van der Waals surface area contributed by atoms with Crippen LogP contribution in [0.25, 0.3) is 0 Å². The Morgan fingerprint density at radius 2 is 2.00 bits per heavy atom. The summed E-state index contributed by atoms with van der Waals surface area (Å²) in [4.78, 5) is 13.5. The van der Waals surface area contributed by atoms with Crippen molar-refractivity contribution in [2.24, 2.45) is 0 Å². The summed E-state index contributed by atoms with van der Waals surface area (Å²) >= 11 is 5.16. The van der Waals surface area contributed by atoms with E-state index in [1.165, 1.54) is 4.90 Å². The molecule has 0 spiro atoms. The van der Waals surface area contributed by atoms with E-state index in [1.54, 1.807) is 19.2 Å². The molecule has 4 heteroatoms. The quantitative estimate of drug-likeness (QED) is 0.792. The molecule has 2 rings (SSSR count). The number of hydrogen-bond acceptors (Lipinski definition) is 2. The van der Waals surface area contributed by atoms with Crippen LogP contribution in [0.2, 0.25) is 0 Å². The SMILES string of the molecule is CN(C(=O)c1ccccc1)C(=S)NC1CC1. The molecule has 1 aromatic rings. The largest absolute Gasteiger partial charge is 0.359 e. The van der Waals surface area contributed by atoms with Gasteiger partial charge in [0.2, 0.25) is 0 Å². The van der Waals surface area contributed by atoms with Crippen molar-refractivity contribution in [3.8, 4) is 0 Å². The predicted molar refractivity (Wildman–Crippen MR) is 67.3 cm³/mol. The average Bonchev–Trinajstić information content (AvgIpc) is 3.12. The summed E-state index contributed by atoms with van der Waals surface area (Å²) < 4.78 is 0. The smallest absolute Gasteiger partial charge is 0.259 e. The summed E-state index contributed by atoms with van der Waals surface area (Å²) in [5.74, 6) is -0.0706. The van der Waals surface area contributed by atoms with Crippen LogP contribution in [0.15, 0.2) is 30.3 Å². The van der Waals surface area contributed by atoms with E-state index in [0.29, 0.717) is 16.7 Å². The van der Waals surface area contributed by atoms with Crippen molar-refractivity contribution in [3.63, 3.8) is 0 Å². The molecule has 1 aromatic carbocycles. The highest BCUT2D eigenvalue weighted by atomic mass is 32.1. The Morgan fingerprint density at radius 3 is 2.56 bits per heavy atom. The molecule has 1 saturated carbocycles. The van der Waals surface area contributed by atoms with E-state index in [2.05, 4.69) is 5.32 Å². The molecule has 0 saturated heterocycles. The van der Waals surface area contributed by atoms with E-state index in [4.69, 9.17) is 12.2 Å². The molecule has 16 heavy (non-hydrogen) atoms. The van der Waals surface area contributed by atoms with Gasteiger partial charge in [0.05, 0.1) is 0 Å². The van der Waals surface area contributed by atoms with Crippen LogP contribution in [0.4, 0.5) is 0 Å². The standard InChI is InChI=1S/C12H14N2OS/c1-14(12(16)13-10-7-8-10)11(15)9-5-3-2-4-6-9/h2-6,10H,7-8H2,1H3,(H,13,16). The molecule has 0 unspecified atom stereocenters. The zero-order valence-corrected chi connectivity index (χ0v) is 9.96. The minimum atomic E-state index is -0.0706. The summed E-state index contributed by atoms with van der Waals surface area (Å²) in [6.45, 7) is 0. The van der Waals surface area contributed by atoms with Crippen molar-refractivity contribution in [1.82, 2.24) is 10.2 Å². The summed E-state index contributed by atoms with van der Waals surface area (Å²) in [5.41, 5.74) is 0.657. The molecule has 0 atom stereocenters. The van der Waals surface area contributed by atoms with Gasteiger partial charge >= 0.3 is 0 Å². The van der Waals surface area contributed by atoms with Gasteiger partial charge in [-0.1, -0.05) is 18.2 Å². The molecule has 1 aliphatic carbocycles. The number of thiocarbonyl (C=S) groups is 1. The first-order valence-corrected chi connectivity index (χ1v) is 5.73. The summed E-state index contributed by atoms with van der Waals surface area (Å²) in [6.07, 6.45) is 2.29. The van der Waals surface area contributed by atoms with Crippen LogP contribution in [-0.4, -0.2) is 29.0 Å². The molecular formula is C12H14N2OS.